The van der Waals surface area contributed by atoms with E-state index in [4.69, 9.17) is 10.00 Å². The lowest BCUT2D eigenvalue weighted by Gasteiger charge is -2.14. The lowest BCUT2D eigenvalue weighted by molar-refractivity contribution is 0.358. The number of nitrogens with one attached hydrogen (secondary N) is 2. The van der Waals surface area contributed by atoms with Gasteiger partial charge in [0, 0.05) is 31.3 Å². The summed E-state index contributed by atoms with van der Waals surface area (Å²) in [7, 11) is 1.64. The van der Waals surface area contributed by atoms with Gasteiger partial charge in [-0.25, -0.2) is 4.39 Å². The lowest BCUT2D eigenvalue weighted by atomic mass is 10.1. The smallest absolute Gasteiger partial charge is 0.191 e. The second-order valence-corrected chi connectivity index (χ2v) is 5.40. The molecule has 0 aliphatic carbocycles. The van der Waals surface area contributed by atoms with E-state index in [-0.39, 0.29) is 12.4 Å². The lowest BCUT2D eigenvalue weighted by Crippen LogP contribution is -2.36. The minimum atomic E-state index is -0.366. The zero-order valence-corrected chi connectivity index (χ0v) is 14.6. The number of hydrogen-bond donors (Lipinski definition) is 2. The van der Waals surface area contributed by atoms with Gasteiger partial charge < -0.3 is 15.4 Å². The molecule has 0 fully saturated rings. The van der Waals surface area contributed by atoms with Crippen molar-refractivity contribution in [3.63, 3.8) is 0 Å². The van der Waals surface area contributed by atoms with Gasteiger partial charge in [0.15, 0.2) is 5.96 Å². The van der Waals surface area contributed by atoms with E-state index in [0.717, 1.165) is 11.3 Å². The largest absolute Gasteiger partial charge is 0.489 e. The first-order valence-electron chi connectivity index (χ1n) is 8.12. The minimum Gasteiger partial charge on any atom is -0.489 e. The van der Waals surface area contributed by atoms with Crippen molar-refractivity contribution in [3.8, 4) is 11.8 Å². The van der Waals surface area contributed by atoms with Gasteiger partial charge in [0.25, 0.3) is 0 Å². The quantitative estimate of drug-likeness (QED) is 0.456. The van der Waals surface area contributed by atoms with Crippen LogP contribution in [-0.4, -0.2) is 19.6 Å². The molecule has 5 nitrogen and oxygen atoms in total. The first-order valence-corrected chi connectivity index (χ1v) is 8.12. The molecule has 2 rings (SSSR count). The normalized spacial score (nSPS) is 10.7. The van der Waals surface area contributed by atoms with E-state index >= 15 is 0 Å². The maximum atomic E-state index is 13.8. The number of nitrogens with zero attached hydrogens (tertiary/aromatic N) is 2. The van der Waals surface area contributed by atoms with Crippen LogP contribution in [0.1, 0.15) is 16.7 Å². The number of aliphatic imine (C=N–C) groups is 1. The predicted octanol–water partition coefficient (Wildman–Crippen LogP) is 3.13. The Morgan fingerprint density at radius 2 is 1.96 bits per heavy atom. The zero-order valence-electron chi connectivity index (χ0n) is 14.6. The third kappa shape index (κ3) is 5.35. The number of halogens is 1. The Balaban J connectivity index is 1.97. The molecular formula is C20H21FN4O. The van der Waals surface area contributed by atoms with Crippen LogP contribution in [0, 0.1) is 17.1 Å². The maximum Gasteiger partial charge on any atom is 0.191 e. The van der Waals surface area contributed by atoms with Gasteiger partial charge in [-0.3, -0.25) is 4.99 Å². The average molecular weight is 352 g/mol. The van der Waals surface area contributed by atoms with Crippen molar-refractivity contribution in [2.75, 3.05) is 13.7 Å². The fourth-order valence-electron chi connectivity index (χ4n) is 2.30. The Hall–Kier alpha value is -3.33. The van der Waals surface area contributed by atoms with E-state index < -0.39 is 0 Å². The van der Waals surface area contributed by atoms with Crippen molar-refractivity contribution in [1.82, 2.24) is 10.6 Å². The summed E-state index contributed by atoms with van der Waals surface area (Å²) in [4.78, 5) is 4.13. The summed E-state index contributed by atoms with van der Waals surface area (Å²) >= 11 is 0. The Kier molecular flexibility index (Phi) is 7.19. The van der Waals surface area contributed by atoms with Crippen LogP contribution in [-0.2, 0) is 13.1 Å². The van der Waals surface area contributed by atoms with Crippen molar-refractivity contribution in [2.45, 2.75) is 13.1 Å². The van der Waals surface area contributed by atoms with Gasteiger partial charge in [-0.1, -0.05) is 30.9 Å². The molecule has 0 spiro atoms. The Bertz CT molecular complexity index is 827. The summed E-state index contributed by atoms with van der Waals surface area (Å²) in [6.45, 7) is 4.79. The molecule has 0 aliphatic heterocycles. The fourth-order valence-corrected chi connectivity index (χ4v) is 2.30. The van der Waals surface area contributed by atoms with Crippen LogP contribution in [0.25, 0.3) is 0 Å². The fraction of sp³-hybridized carbons (Fsp3) is 0.200. The minimum absolute atomic E-state index is 0.218. The van der Waals surface area contributed by atoms with Gasteiger partial charge >= 0.3 is 0 Å². The van der Waals surface area contributed by atoms with Crippen molar-refractivity contribution in [1.29, 1.82) is 5.26 Å². The highest BCUT2D eigenvalue weighted by molar-refractivity contribution is 5.79. The van der Waals surface area contributed by atoms with E-state index in [9.17, 15) is 4.39 Å². The molecule has 0 saturated carbocycles. The molecule has 6 heteroatoms. The van der Waals surface area contributed by atoms with E-state index in [2.05, 4.69) is 22.2 Å². The summed E-state index contributed by atoms with van der Waals surface area (Å²) in [6.07, 6.45) is 1.69. The number of benzene rings is 2. The zero-order chi connectivity index (χ0) is 18.8. The highest BCUT2D eigenvalue weighted by Crippen LogP contribution is 2.17. The molecule has 0 unspecified atom stereocenters. The van der Waals surface area contributed by atoms with Gasteiger partial charge in [-0.15, -0.1) is 0 Å². The van der Waals surface area contributed by atoms with Gasteiger partial charge in [0.2, 0.25) is 0 Å². The topological polar surface area (TPSA) is 69.4 Å². The number of guanidine groups is 1. The van der Waals surface area contributed by atoms with E-state index in [1.165, 1.54) is 18.2 Å². The van der Waals surface area contributed by atoms with Gasteiger partial charge in [0.1, 0.15) is 18.2 Å². The third-order valence-corrected chi connectivity index (χ3v) is 3.62. The monoisotopic (exact) mass is 352 g/mol. The number of ether oxygens (including phenoxy) is 1. The molecule has 0 aliphatic rings. The van der Waals surface area contributed by atoms with Gasteiger partial charge in [0.05, 0.1) is 11.6 Å². The van der Waals surface area contributed by atoms with Crippen LogP contribution in [0.4, 0.5) is 4.39 Å². The molecule has 0 radical (unpaired) electrons. The molecule has 0 amide bonds. The van der Waals surface area contributed by atoms with Gasteiger partial charge in [-0.2, -0.15) is 5.26 Å². The predicted molar refractivity (Wildman–Crippen MR) is 100 cm³/mol. The number of nitriles is 1. The number of rotatable bonds is 7. The number of para-hydroxylation sites is 1. The molecule has 0 aromatic heterocycles. The van der Waals surface area contributed by atoms with Crippen LogP contribution < -0.4 is 15.4 Å². The van der Waals surface area contributed by atoms with Crippen LogP contribution in [0.5, 0.6) is 5.75 Å². The first-order chi connectivity index (χ1) is 12.7. The highest BCUT2D eigenvalue weighted by atomic mass is 19.1. The van der Waals surface area contributed by atoms with Crippen molar-refractivity contribution >= 4 is 5.96 Å². The standard InChI is InChI=1S/C20H21FN4O/c1-3-10-26-19-7-5-4-6-16(19)13-24-20(23-2)25-14-17-11-15(12-22)8-9-18(17)21/h3-9,11H,1,10,13-14H2,2H3,(H2,23,24,25). The molecule has 134 valence electrons. The van der Waals surface area contributed by atoms with Crippen molar-refractivity contribution in [3.05, 3.63) is 77.6 Å². The highest BCUT2D eigenvalue weighted by Gasteiger charge is 2.07. The SMILES string of the molecule is C=CCOc1ccccc1CNC(=NC)NCc1cc(C#N)ccc1F. The Labute approximate surface area is 152 Å². The summed E-state index contributed by atoms with van der Waals surface area (Å²) in [6, 6.07) is 13.9. The molecular weight excluding hydrogens is 331 g/mol. The molecule has 0 bridgehead atoms. The number of hydrogen-bond acceptors (Lipinski definition) is 3. The molecule has 2 aromatic carbocycles. The van der Waals surface area contributed by atoms with Crippen LogP contribution in [0.2, 0.25) is 0 Å². The van der Waals surface area contributed by atoms with Crippen LogP contribution >= 0.6 is 0 Å². The molecule has 26 heavy (non-hydrogen) atoms. The maximum absolute atomic E-state index is 13.8. The van der Waals surface area contributed by atoms with E-state index in [1.54, 1.807) is 13.1 Å². The van der Waals surface area contributed by atoms with Crippen LogP contribution in [0.3, 0.4) is 0 Å². The second-order valence-electron chi connectivity index (χ2n) is 5.40. The summed E-state index contributed by atoms with van der Waals surface area (Å²) in [5.74, 6) is 0.920. The van der Waals surface area contributed by atoms with Crippen molar-refractivity contribution in [2.24, 2.45) is 4.99 Å². The second kappa shape index (κ2) is 9.84. The Morgan fingerprint density at radius 1 is 1.23 bits per heavy atom. The third-order valence-electron chi connectivity index (χ3n) is 3.62. The summed E-state index contributed by atoms with van der Waals surface area (Å²) in [5.41, 5.74) is 1.79. The summed E-state index contributed by atoms with van der Waals surface area (Å²) in [5, 5.41) is 15.1. The van der Waals surface area contributed by atoms with E-state index in [1.807, 2.05) is 30.3 Å². The van der Waals surface area contributed by atoms with Crippen LogP contribution in [0.15, 0.2) is 60.1 Å². The van der Waals surface area contributed by atoms with Crippen molar-refractivity contribution < 1.29 is 9.13 Å². The molecule has 2 N–H and O–H groups in total. The molecule has 2 aromatic rings. The Morgan fingerprint density at radius 3 is 2.65 bits per heavy atom. The molecule has 0 saturated heterocycles. The molecule has 0 heterocycles. The average Bonchev–Trinajstić information content (AvgIpc) is 2.68. The van der Waals surface area contributed by atoms with Gasteiger partial charge in [-0.05, 0) is 24.3 Å². The van der Waals surface area contributed by atoms with E-state index in [0.29, 0.717) is 30.2 Å². The molecule has 0 atom stereocenters. The summed E-state index contributed by atoms with van der Waals surface area (Å²) < 4.78 is 19.5. The first kappa shape index (κ1) is 19.0.